The van der Waals surface area contributed by atoms with Crippen LogP contribution in [-0.4, -0.2) is 28.9 Å². The minimum atomic E-state index is -3.80. The van der Waals surface area contributed by atoms with E-state index >= 15 is 0 Å². The molecule has 0 aliphatic heterocycles. The summed E-state index contributed by atoms with van der Waals surface area (Å²) in [6.45, 7) is 1.74. The smallest absolute Gasteiger partial charge is 0.283 e. The van der Waals surface area contributed by atoms with Crippen LogP contribution >= 0.6 is 11.3 Å². The van der Waals surface area contributed by atoms with Crippen LogP contribution in [0.1, 0.15) is 12.5 Å². The van der Waals surface area contributed by atoms with Gasteiger partial charge >= 0.3 is 0 Å². The number of nitrogens with two attached hydrogens (primary N) is 1. The van der Waals surface area contributed by atoms with Gasteiger partial charge in [0.1, 0.15) is 0 Å². The number of nitrogens with one attached hydrogen (secondary N) is 1. The van der Waals surface area contributed by atoms with Crippen molar-refractivity contribution in [3.63, 3.8) is 0 Å². The number of benzene rings is 3. The molecule has 0 radical (unpaired) electrons. The highest BCUT2D eigenvalue weighted by molar-refractivity contribution is 7.89. The summed E-state index contributed by atoms with van der Waals surface area (Å²) in [5, 5.41) is 8.91. The predicted octanol–water partition coefficient (Wildman–Crippen LogP) is 4.23. The van der Waals surface area contributed by atoms with Gasteiger partial charge in [-0.1, -0.05) is 53.8 Å². The summed E-state index contributed by atoms with van der Waals surface area (Å²) >= 11 is 1.41. The van der Waals surface area contributed by atoms with E-state index in [1.807, 2.05) is 54.6 Å². The molecule has 0 unspecified atom stereocenters. The van der Waals surface area contributed by atoms with Gasteiger partial charge in [-0.05, 0) is 43.3 Å². The molecule has 170 valence electrons. The van der Waals surface area contributed by atoms with Crippen molar-refractivity contribution in [3.8, 4) is 16.4 Å². The van der Waals surface area contributed by atoms with Gasteiger partial charge in [0.05, 0.1) is 37.8 Å². The standard InChI is InChI=1S/C24H19N5O3S2/c1-15(26-17-11-13-18(14-12-17)34(25,31)32)21-22(16-7-3-2-4-8-16)28-29(23(21)30)24-27-19-9-5-6-10-20(19)33-24/h2-14,28H,1H3,(H2,25,31,32). The monoisotopic (exact) mass is 489 g/mol. The van der Waals surface area contributed by atoms with Crippen LogP contribution < -0.4 is 10.7 Å². The minimum absolute atomic E-state index is 0.00564. The second-order valence-electron chi connectivity index (χ2n) is 7.57. The zero-order valence-corrected chi connectivity index (χ0v) is 19.6. The highest BCUT2D eigenvalue weighted by Gasteiger charge is 2.21. The number of aromatic nitrogens is 3. The molecule has 3 N–H and O–H groups in total. The van der Waals surface area contributed by atoms with Gasteiger partial charge in [-0.15, -0.1) is 0 Å². The van der Waals surface area contributed by atoms with Crippen molar-refractivity contribution < 1.29 is 8.42 Å². The molecule has 3 aromatic carbocycles. The summed E-state index contributed by atoms with van der Waals surface area (Å²) in [6, 6.07) is 23.1. The van der Waals surface area contributed by atoms with Crippen molar-refractivity contribution in [3.05, 3.63) is 94.8 Å². The third-order valence-corrected chi connectivity index (χ3v) is 7.20. The van der Waals surface area contributed by atoms with Crippen molar-refractivity contribution >= 4 is 43.0 Å². The second-order valence-corrected chi connectivity index (χ2v) is 10.1. The van der Waals surface area contributed by atoms with Gasteiger partial charge in [0.2, 0.25) is 15.2 Å². The molecule has 0 amide bonds. The third kappa shape index (κ3) is 4.10. The first-order valence-corrected chi connectivity index (χ1v) is 12.6. The van der Waals surface area contributed by atoms with Crippen molar-refractivity contribution in [2.75, 3.05) is 0 Å². The zero-order chi connectivity index (χ0) is 23.9. The van der Waals surface area contributed by atoms with Crippen LogP contribution in [-0.2, 0) is 10.0 Å². The average molecular weight is 490 g/mol. The van der Waals surface area contributed by atoms with Gasteiger partial charge < -0.3 is 0 Å². The van der Waals surface area contributed by atoms with E-state index in [-0.39, 0.29) is 10.5 Å². The van der Waals surface area contributed by atoms with E-state index in [0.717, 1.165) is 15.8 Å². The maximum atomic E-state index is 13.6. The fourth-order valence-corrected chi connectivity index (χ4v) is 5.08. The average Bonchev–Trinajstić information content (AvgIpc) is 3.40. The molecule has 0 fully saturated rings. The first-order valence-electron chi connectivity index (χ1n) is 10.3. The largest absolute Gasteiger partial charge is 0.288 e. The number of rotatable bonds is 5. The van der Waals surface area contributed by atoms with E-state index in [1.165, 1.54) is 28.2 Å². The number of sulfonamides is 1. The van der Waals surface area contributed by atoms with Crippen LogP contribution in [0.2, 0.25) is 0 Å². The Hall–Kier alpha value is -3.86. The molecular formula is C24H19N5O3S2. The lowest BCUT2D eigenvalue weighted by Gasteiger charge is -2.03. The molecule has 0 aliphatic rings. The van der Waals surface area contributed by atoms with Gasteiger partial charge in [-0.3, -0.25) is 14.9 Å². The Labute approximate surface area is 199 Å². The van der Waals surface area contributed by atoms with E-state index in [2.05, 4.69) is 15.1 Å². The van der Waals surface area contributed by atoms with E-state index in [9.17, 15) is 13.2 Å². The molecule has 0 saturated heterocycles. The van der Waals surface area contributed by atoms with Crippen molar-refractivity contribution in [2.45, 2.75) is 11.8 Å². The molecule has 8 nitrogen and oxygen atoms in total. The fraction of sp³-hybridized carbons (Fsp3) is 0.0417. The molecule has 0 spiro atoms. The molecule has 5 rings (SSSR count). The molecule has 0 aliphatic carbocycles. The Morgan fingerprint density at radius 3 is 2.35 bits per heavy atom. The number of H-pyrrole nitrogens is 1. The summed E-state index contributed by atoms with van der Waals surface area (Å²) in [7, 11) is -3.80. The van der Waals surface area contributed by atoms with Crippen LogP contribution in [0.3, 0.4) is 0 Å². The first kappa shape index (κ1) is 22.0. The number of aromatic amines is 1. The molecule has 34 heavy (non-hydrogen) atoms. The van der Waals surface area contributed by atoms with E-state index in [1.54, 1.807) is 19.1 Å². The first-order chi connectivity index (χ1) is 16.3. The SMILES string of the molecule is CC(=Nc1ccc(S(N)(=O)=O)cc1)c1c(-c2ccccc2)[nH]n(-c2nc3ccccc3s2)c1=O. The molecule has 10 heteroatoms. The Morgan fingerprint density at radius 1 is 1.00 bits per heavy atom. The van der Waals surface area contributed by atoms with Gasteiger partial charge in [0, 0.05) is 5.56 Å². The lowest BCUT2D eigenvalue weighted by molar-refractivity contribution is 0.598. The highest BCUT2D eigenvalue weighted by Crippen LogP contribution is 2.27. The van der Waals surface area contributed by atoms with Crippen LogP contribution in [0.25, 0.3) is 26.6 Å². The van der Waals surface area contributed by atoms with Gasteiger partial charge in [-0.25, -0.2) is 18.5 Å². The van der Waals surface area contributed by atoms with Crippen LogP contribution in [0.4, 0.5) is 5.69 Å². The molecule has 5 aromatic rings. The van der Waals surface area contributed by atoms with Gasteiger partial charge in [0.25, 0.3) is 5.56 Å². The predicted molar refractivity (Wildman–Crippen MR) is 135 cm³/mol. The number of fused-ring (bicyclic) bond motifs is 1. The second kappa shape index (κ2) is 8.49. The summed E-state index contributed by atoms with van der Waals surface area (Å²) in [5.74, 6) is 0. The number of nitrogens with zero attached hydrogens (tertiary/aromatic N) is 3. The maximum Gasteiger partial charge on any atom is 0.283 e. The molecule has 0 atom stereocenters. The maximum absolute atomic E-state index is 13.6. The number of aliphatic imine (C=N–C) groups is 1. The zero-order valence-electron chi connectivity index (χ0n) is 18.0. The summed E-state index contributed by atoms with van der Waals surface area (Å²) in [4.78, 5) is 22.8. The molecule has 0 saturated carbocycles. The van der Waals surface area contributed by atoms with E-state index < -0.39 is 10.0 Å². The highest BCUT2D eigenvalue weighted by atomic mass is 32.2. The number of para-hydroxylation sites is 1. The van der Waals surface area contributed by atoms with Crippen LogP contribution in [0.15, 0.2) is 93.5 Å². The minimum Gasteiger partial charge on any atom is -0.288 e. The third-order valence-electron chi connectivity index (χ3n) is 5.25. The van der Waals surface area contributed by atoms with Gasteiger partial charge in [-0.2, -0.15) is 4.68 Å². The molecule has 2 aromatic heterocycles. The lowest BCUT2D eigenvalue weighted by Crippen LogP contribution is -2.19. The molecular weight excluding hydrogens is 470 g/mol. The van der Waals surface area contributed by atoms with Gasteiger partial charge in [0.15, 0.2) is 0 Å². The summed E-state index contributed by atoms with van der Waals surface area (Å²) in [5.41, 5.74) is 3.36. The summed E-state index contributed by atoms with van der Waals surface area (Å²) < 4.78 is 25.5. The number of hydrogen-bond donors (Lipinski definition) is 2. The Kier molecular flexibility index (Phi) is 5.48. The topological polar surface area (TPSA) is 123 Å². The molecule has 0 bridgehead atoms. The Balaban J connectivity index is 1.66. The van der Waals surface area contributed by atoms with Crippen molar-refractivity contribution in [1.29, 1.82) is 0 Å². The fourth-order valence-electron chi connectivity index (χ4n) is 3.64. The lowest BCUT2D eigenvalue weighted by atomic mass is 10.1. The van der Waals surface area contributed by atoms with Crippen LogP contribution in [0, 0.1) is 0 Å². The number of hydrogen-bond acceptors (Lipinski definition) is 6. The van der Waals surface area contributed by atoms with E-state index in [4.69, 9.17) is 5.14 Å². The van der Waals surface area contributed by atoms with Crippen LogP contribution in [0.5, 0.6) is 0 Å². The quantitative estimate of drug-likeness (QED) is 0.359. The van der Waals surface area contributed by atoms with E-state index in [0.29, 0.717) is 27.8 Å². The Morgan fingerprint density at radius 2 is 1.68 bits per heavy atom. The normalized spacial score (nSPS) is 12.4. The number of primary sulfonamides is 1. The summed E-state index contributed by atoms with van der Waals surface area (Å²) in [6.07, 6.45) is 0. The Bertz CT molecular complexity index is 1660. The number of thiazole rings is 1. The molecule has 2 heterocycles. The van der Waals surface area contributed by atoms with Crippen molar-refractivity contribution in [2.24, 2.45) is 10.1 Å². The van der Waals surface area contributed by atoms with Crippen molar-refractivity contribution in [1.82, 2.24) is 14.8 Å².